The van der Waals surface area contributed by atoms with Crippen molar-refractivity contribution in [3.05, 3.63) is 57.3 Å². The summed E-state index contributed by atoms with van der Waals surface area (Å²) in [6, 6.07) is 11.0. The van der Waals surface area contributed by atoms with Gasteiger partial charge >= 0.3 is 0 Å². The molecule has 0 aliphatic carbocycles. The van der Waals surface area contributed by atoms with Gasteiger partial charge in [-0.25, -0.2) is 0 Å². The van der Waals surface area contributed by atoms with Gasteiger partial charge in [0.25, 0.3) is 0 Å². The molecule has 0 spiro atoms. The average Bonchev–Trinajstić information content (AvgIpc) is 2.94. The predicted octanol–water partition coefficient (Wildman–Crippen LogP) is 3.52. The van der Waals surface area contributed by atoms with Crippen LogP contribution in [-0.4, -0.2) is 42.3 Å². The Labute approximate surface area is 136 Å². The van der Waals surface area contributed by atoms with E-state index in [1.807, 2.05) is 6.21 Å². The Morgan fingerprint density at radius 1 is 1.05 bits per heavy atom. The highest BCUT2D eigenvalue weighted by Gasteiger charge is 2.15. The third-order valence-corrected chi connectivity index (χ3v) is 5.07. The quantitative estimate of drug-likeness (QED) is 0.804. The predicted molar refractivity (Wildman–Crippen MR) is 94.7 cm³/mol. The second-order valence-electron chi connectivity index (χ2n) is 5.93. The summed E-state index contributed by atoms with van der Waals surface area (Å²) in [5.41, 5.74) is 4.04. The molecule has 0 saturated carbocycles. The largest absolute Gasteiger partial charge is 0.295 e. The minimum absolute atomic E-state index is 1.01. The van der Waals surface area contributed by atoms with Crippen molar-refractivity contribution in [3.63, 3.8) is 0 Å². The van der Waals surface area contributed by atoms with E-state index in [1.165, 1.54) is 21.6 Å². The van der Waals surface area contributed by atoms with Gasteiger partial charge in [0.2, 0.25) is 0 Å². The number of benzene rings is 1. The fourth-order valence-corrected chi connectivity index (χ4v) is 3.39. The van der Waals surface area contributed by atoms with E-state index < -0.39 is 0 Å². The lowest BCUT2D eigenvalue weighted by Gasteiger charge is -2.33. The highest BCUT2D eigenvalue weighted by molar-refractivity contribution is 7.11. The molecule has 1 aromatic carbocycles. The van der Waals surface area contributed by atoms with Crippen molar-refractivity contribution in [3.8, 4) is 0 Å². The molecule has 0 unspecified atom stereocenters. The number of rotatable bonds is 4. The topological polar surface area (TPSA) is 18.8 Å². The van der Waals surface area contributed by atoms with Gasteiger partial charge < -0.3 is 0 Å². The molecule has 2 heterocycles. The van der Waals surface area contributed by atoms with Crippen LogP contribution in [0.25, 0.3) is 0 Å². The Morgan fingerprint density at radius 2 is 1.77 bits per heavy atom. The molecule has 0 radical (unpaired) electrons. The van der Waals surface area contributed by atoms with Crippen LogP contribution < -0.4 is 0 Å². The molecular weight excluding hydrogens is 290 g/mol. The molecule has 1 aliphatic heterocycles. The zero-order valence-corrected chi connectivity index (χ0v) is 14.1. The van der Waals surface area contributed by atoms with Crippen molar-refractivity contribution in [1.29, 1.82) is 0 Å². The maximum atomic E-state index is 4.63. The van der Waals surface area contributed by atoms with Crippen molar-refractivity contribution in [2.75, 3.05) is 26.2 Å². The first-order chi connectivity index (χ1) is 10.7. The minimum atomic E-state index is 1.01. The Balaban J connectivity index is 1.49. The first-order valence-corrected chi connectivity index (χ1v) is 8.69. The van der Waals surface area contributed by atoms with Crippen molar-refractivity contribution >= 4 is 17.6 Å². The maximum Gasteiger partial charge on any atom is 0.0645 e. The second-order valence-corrected chi connectivity index (χ2v) is 6.88. The van der Waals surface area contributed by atoms with E-state index >= 15 is 0 Å². The van der Waals surface area contributed by atoms with Crippen LogP contribution in [0, 0.1) is 13.8 Å². The number of hydrogen-bond acceptors (Lipinski definition) is 4. The third kappa shape index (κ3) is 3.96. The summed E-state index contributed by atoms with van der Waals surface area (Å²) in [6.45, 7) is 9.48. The van der Waals surface area contributed by atoms with E-state index in [0.29, 0.717) is 0 Å². The van der Waals surface area contributed by atoms with Crippen LogP contribution in [0.4, 0.5) is 0 Å². The van der Waals surface area contributed by atoms with Crippen LogP contribution in [0.15, 0.2) is 40.8 Å². The van der Waals surface area contributed by atoms with Gasteiger partial charge in [0, 0.05) is 37.6 Å². The number of thiophene rings is 1. The van der Waals surface area contributed by atoms with Gasteiger partial charge in [-0.2, -0.15) is 5.10 Å². The Bertz CT molecular complexity index is 622. The highest BCUT2D eigenvalue weighted by atomic mass is 32.1. The van der Waals surface area contributed by atoms with Crippen LogP contribution in [0.1, 0.15) is 21.6 Å². The van der Waals surface area contributed by atoms with Crippen LogP contribution in [0.2, 0.25) is 0 Å². The molecular formula is C18H23N3S. The minimum Gasteiger partial charge on any atom is -0.295 e. The van der Waals surface area contributed by atoms with Crippen molar-refractivity contribution in [2.24, 2.45) is 5.10 Å². The van der Waals surface area contributed by atoms with Gasteiger partial charge in [-0.3, -0.25) is 9.91 Å². The van der Waals surface area contributed by atoms with Crippen LogP contribution >= 0.6 is 11.3 Å². The zero-order chi connectivity index (χ0) is 15.4. The Morgan fingerprint density at radius 3 is 2.41 bits per heavy atom. The van der Waals surface area contributed by atoms with E-state index in [2.05, 4.69) is 64.6 Å². The SMILES string of the molecule is Cc1ccc(CN2CCN(/N=C/c3sccc3C)CC2)cc1. The molecule has 1 fully saturated rings. The van der Waals surface area contributed by atoms with Crippen LogP contribution in [0.3, 0.4) is 0 Å². The van der Waals surface area contributed by atoms with Gasteiger partial charge in [-0.15, -0.1) is 11.3 Å². The molecule has 2 aromatic rings. The smallest absolute Gasteiger partial charge is 0.0645 e. The van der Waals surface area contributed by atoms with E-state index in [1.54, 1.807) is 11.3 Å². The molecule has 1 aromatic heterocycles. The lowest BCUT2D eigenvalue weighted by molar-refractivity contribution is 0.131. The zero-order valence-electron chi connectivity index (χ0n) is 13.3. The first kappa shape index (κ1) is 15.3. The Hall–Kier alpha value is -1.65. The molecule has 22 heavy (non-hydrogen) atoms. The summed E-state index contributed by atoms with van der Waals surface area (Å²) < 4.78 is 0. The van der Waals surface area contributed by atoms with Gasteiger partial charge in [-0.05, 0) is 36.4 Å². The molecule has 1 aliphatic rings. The molecule has 3 nitrogen and oxygen atoms in total. The summed E-state index contributed by atoms with van der Waals surface area (Å²) in [5, 5.41) is 8.94. The van der Waals surface area contributed by atoms with Gasteiger partial charge in [-0.1, -0.05) is 29.8 Å². The van der Waals surface area contributed by atoms with Crippen LogP contribution in [-0.2, 0) is 6.54 Å². The Kier molecular flexibility index (Phi) is 4.90. The molecule has 0 N–H and O–H groups in total. The van der Waals surface area contributed by atoms with Crippen molar-refractivity contribution < 1.29 is 0 Å². The maximum absolute atomic E-state index is 4.63. The molecule has 116 valence electrons. The first-order valence-electron chi connectivity index (χ1n) is 7.81. The number of hydrazone groups is 1. The van der Waals surface area contributed by atoms with Crippen molar-refractivity contribution in [1.82, 2.24) is 9.91 Å². The number of hydrogen-bond donors (Lipinski definition) is 0. The van der Waals surface area contributed by atoms with E-state index in [-0.39, 0.29) is 0 Å². The van der Waals surface area contributed by atoms with Gasteiger partial charge in [0.05, 0.1) is 6.21 Å². The molecule has 0 bridgehead atoms. The van der Waals surface area contributed by atoms with E-state index in [9.17, 15) is 0 Å². The van der Waals surface area contributed by atoms with E-state index in [4.69, 9.17) is 0 Å². The molecule has 0 amide bonds. The van der Waals surface area contributed by atoms with Crippen LogP contribution in [0.5, 0.6) is 0 Å². The number of nitrogens with zero attached hydrogens (tertiary/aromatic N) is 3. The van der Waals surface area contributed by atoms with Gasteiger partial charge in [0.15, 0.2) is 0 Å². The molecule has 4 heteroatoms. The fraction of sp³-hybridized carbons (Fsp3) is 0.389. The number of aryl methyl sites for hydroxylation is 2. The second kappa shape index (κ2) is 7.07. The third-order valence-electron chi connectivity index (χ3n) is 4.12. The van der Waals surface area contributed by atoms with Crippen molar-refractivity contribution in [2.45, 2.75) is 20.4 Å². The van der Waals surface area contributed by atoms with Gasteiger partial charge in [0.1, 0.15) is 0 Å². The normalized spacial score (nSPS) is 16.5. The monoisotopic (exact) mass is 313 g/mol. The summed E-state index contributed by atoms with van der Waals surface area (Å²) in [4.78, 5) is 3.77. The summed E-state index contributed by atoms with van der Waals surface area (Å²) in [5.74, 6) is 0. The molecule has 1 saturated heterocycles. The van der Waals surface area contributed by atoms with E-state index in [0.717, 1.165) is 32.7 Å². The molecule has 0 atom stereocenters. The lowest BCUT2D eigenvalue weighted by atomic mass is 10.1. The summed E-state index contributed by atoms with van der Waals surface area (Å²) in [7, 11) is 0. The highest BCUT2D eigenvalue weighted by Crippen LogP contribution is 2.14. The molecule has 3 rings (SSSR count). The standard InChI is InChI=1S/C18H23N3S/c1-15-3-5-17(6-4-15)14-20-8-10-21(11-9-20)19-13-18-16(2)7-12-22-18/h3-7,12-13H,8-11,14H2,1-2H3/b19-13+. The number of piperazine rings is 1. The fourth-order valence-electron chi connectivity index (χ4n) is 2.61. The summed E-state index contributed by atoms with van der Waals surface area (Å²) in [6.07, 6.45) is 2.01. The average molecular weight is 313 g/mol. The summed E-state index contributed by atoms with van der Waals surface area (Å²) >= 11 is 1.76. The lowest BCUT2D eigenvalue weighted by Crippen LogP contribution is -2.43.